The Balaban J connectivity index is 1.33. The Labute approximate surface area is 160 Å². The maximum atomic E-state index is 5.77. The summed E-state index contributed by atoms with van der Waals surface area (Å²) in [5, 5.41) is 7.14. The van der Waals surface area contributed by atoms with Crippen LogP contribution in [0, 0.1) is 0 Å². The van der Waals surface area contributed by atoms with Crippen molar-refractivity contribution in [3.63, 3.8) is 0 Å². The summed E-state index contributed by atoms with van der Waals surface area (Å²) < 4.78 is 11.3. The lowest BCUT2D eigenvalue weighted by atomic mass is 10.1. The predicted molar refractivity (Wildman–Crippen MR) is 108 cm³/mol. The molecule has 1 unspecified atom stereocenters. The molecule has 1 aliphatic heterocycles. The summed E-state index contributed by atoms with van der Waals surface area (Å²) in [5.74, 6) is 0. The van der Waals surface area contributed by atoms with Crippen LogP contribution < -0.4 is 10.6 Å². The number of hydrogen-bond acceptors (Lipinski definition) is 3. The fourth-order valence-corrected chi connectivity index (χ4v) is 3.03. The van der Waals surface area contributed by atoms with Crippen LogP contribution in [-0.4, -0.2) is 24.4 Å². The summed E-state index contributed by atoms with van der Waals surface area (Å²) >= 11 is 5.32. The molecule has 138 valence electrons. The van der Waals surface area contributed by atoms with Crippen molar-refractivity contribution in [3.8, 4) is 0 Å². The van der Waals surface area contributed by atoms with Crippen molar-refractivity contribution in [2.75, 3.05) is 13.2 Å². The Kier molecular flexibility index (Phi) is 7.43. The van der Waals surface area contributed by atoms with E-state index in [-0.39, 0.29) is 0 Å². The van der Waals surface area contributed by atoms with Crippen LogP contribution >= 0.6 is 12.2 Å². The Hall–Kier alpha value is -1.95. The summed E-state index contributed by atoms with van der Waals surface area (Å²) in [5.41, 5.74) is 3.55. The largest absolute Gasteiger partial charge is 0.376 e. The molecule has 0 spiro atoms. The standard InChI is InChI=1S/C21H26N2O2S/c26-21(23-14-20-7-4-12-25-20)22-13-17-8-10-19(11-9-17)16-24-15-18-5-2-1-3-6-18/h1-3,5-6,8-11,20H,4,7,12-16H2,(H2,22,23,26). The molecule has 1 aliphatic rings. The molecule has 0 radical (unpaired) electrons. The molecule has 0 aromatic heterocycles. The first-order valence-electron chi connectivity index (χ1n) is 9.12. The minimum atomic E-state index is 0.296. The van der Waals surface area contributed by atoms with E-state index in [9.17, 15) is 0 Å². The average Bonchev–Trinajstić information content (AvgIpc) is 3.20. The van der Waals surface area contributed by atoms with Crippen molar-refractivity contribution in [2.45, 2.75) is 38.7 Å². The average molecular weight is 371 g/mol. The highest BCUT2D eigenvalue weighted by Gasteiger charge is 2.15. The topological polar surface area (TPSA) is 42.5 Å². The van der Waals surface area contributed by atoms with Gasteiger partial charge >= 0.3 is 0 Å². The van der Waals surface area contributed by atoms with Gasteiger partial charge in [-0.2, -0.15) is 0 Å². The van der Waals surface area contributed by atoms with Crippen molar-refractivity contribution in [2.24, 2.45) is 0 Å². The Morgan fingerprint density at radius 3 is 2.35 bits per heavy atom. The van der Waals surface area contributed by atoms with E-state index in [0.717, 1.165) is 26.0 Å². The third kappa shape index (κ3) is 6.41. The lowest BCUT2D eigenvalue weighted by Gasteiger charge is -2.14. The fraction of sp³-hybridized carbons (Fsp3) is 0.381. The number of thiocarbonyl (C=S) groups is 1. The molecule has 0 amide bonds. The first-order valence-corrected chi connectivity index (χ1v) is 9.53. The van der Waals surface area contributed by atoms with Gasteiger partial charge in [0.2, 0.25) is 0 Å². The summed E-state index contributed by atoms with van der Waals surface area (Å²) in [6.45, 7) is 3.61. The molecule has 26 heavy (non-hydrogen) atoms. The molecule has 3 rings (SSSR count). The van der Waals surface area contributed by atoms with Crippen LogP contribution in [0.3, 0.4) is 0 Å². The van der Waals surface area contributed by atoms with Crippen LogP contribution in [0.4, 0.5) is 0 Å². The van der Waals surface area contributed by atoms with Gasteiger partial charge in [-0.15, -0.1) is 0 Å². The Morgan fingerprint density at radius 2 is 1.65 bits per heavy atom. The van der Waals surface area contributed by atoms with E-state index in [4.69, 9.17) is 21.7 Å². The van der Waals surface area contributed by atoms with Gasteiger partial charge in [-0.25, -0.2) is 0 Å². The van der Waals surface area contributed by atoms with Crippen molar-refractivity contribution in [1.29, 1.82) is 0 Å². The zero-order valence-corrected chi connectivity index (χ0v) is 15.8. The fourth-order valence-electron chi connectivity index (χ4n) is 2.87. The van der Waals surface area contributed by atoms with E-state index in [1.807, 2.05) is 18.2 Å². The van der Waals surface area contributed by atoms with Gasteiger partial charge < -0.3 is 20.1 Å². The zero-order valence-electron chi connectivity index (χ0n) is 14.9. The molecule has 0 aliphatic carbocycles. The Bertz CT molecular complexity index is 670. The van der Waals surface area contributed by atoms with Crippen LogP contribution in [0.15, 0.2) is 54.6 Å². The molecular weight excluding hydrogens is 344 g/mol. The maximum Gasteiger partial charge on any atom is 0.166 e. The molecule has 2 aromatic carbocycles. The predicted octanol–water partition coefficient (Wildman–Crippen LogP) is 3.55. The van der Waals surface area contributed by atoms with Crippen molar-refractivity contribution in [1.82, 2.24) is 10.6 Å². The van der Waals surface area contributed by atoms with Gasteiger partial charge in [0.25, 0.3) is 0 Å². The van der Waals surface area contributed by atoms with Gasteiger partial charge in [-0.1, -0.05) is 54.6 Å². The molecular formula is C21H26N2O2S. The molecule has 0 saturated carbocycles. The third-order valence-electron chi connectivity index (χ3n) is 4.37. The van der Waals surface area contributed by atoms with Gasteiger partial charge in [0.05, 0.1) is 19.3 Å². The van der Waals surface area contributed by atoms with Gasteiger partial charge in [-0.05, 0) is 41.7 Å². The maximum absolute atomic E-state index is 5.77. The molecule has 0 bridgehead atoms. The minimum Gasteiger partial charge on any atom is -0.376 e. The van der Waals surface area contributed by atoms with E-state index in [1.54, 1.807) is 0 Å². The summed E-state index contributed by atoms with van der Waals surface area (Å²) in [6.07, 6.45) is 2.56. The smallest absolute Gasteiger partial charge is 0.166 e. The molecule has 1 fully saturated rings. The van der Waals surface area contributed by atoms with Gasteiger partial charge in [0.1, 0.15) is 0 Å². The monoisotopic (exact) mass is 370 g/mol. The van der Waals surface area contributed by atoms with E-state index < -0.39 is 0 Å². The SMILES string of the molecule is S=C(NCc1ccc(COCc2ccccc2)cc1)NCC1CCCO1. The number of rotatable bonds is 8. The van der Waals surface area contributed by atoms with Gasteiger partial charge in [0.15, 0.2) is 5.11 Å². The lowest BCUT2D eigenvalue weighted by Crippen LogP contribution is -2.39. The second-order valence-corrected chi connectivity index (χ2v) is 6.90. The summed E-state index contributed by atoms with van der Waals surface area (Å²) in [7, 11) is 0. The lowest BCUT2D eigenvalue weighted by molar-refractivity contribution is 0.107. The number of hydrogen-bond donors (Lipinski definition) is 2. The Morgan fingerprint density at radius 1 is 0.962 bits per heavy atom. The van der Waals surface area contributed by atoms with Crippen molar-refractivity contribution in [3.05, 3.63) is 71.3 Å². The van der Waals surface area contributed by atoms with Gasteiger partial charge in [0, 0.05) is 19.7 Å². The quantitative estimate of drug-likeness (QED) is 0.696. The van der Waals surface area contributed by atoms with Crippen LogP contribution in [-0.2, 0) is 29.2 Å². The van der Waals surface area contributed by atoms with Crippen LogP contribution in [0.5, 0.6) is 0 Å². The highest BCUT2D eigenvalue weighted by atomic mass is 32.1. The number of benzene rings is 2. The molecule has 1 atom stereocenters. The molecule has 2 N–H and O–H groups in total. The van der Waals surface area contributed by atoms with Crippen molar-refractivity contribution >= 4 is 17.3 Å². The second kappa shape index (κ2) is 10.3. The first kappa shape index (κ1) is 18.8. The second-order valence-electron chi connectivity index (χ2n) is 6.49. The van der Waals surface area contributed by atoms with E-state index in [0.29, 0.717) is 31.0 Å². The van der Waals surface area contributed by atoms with Gasteiger partial charge in [-0.3, -0.25) is 0 Å². The summed E-state index contributed by atoms with van der Waals surface area (Å²) in [4.78, 5) is 0. The van der Waals surface area contributed by atoms with Crippen LogP contribution in [0.1, 0.15) is 29.5 Å². The molecule has 1 heterocycles. The highest BCUT2D eigenvalue weighted by molar-refractivity contribution is 7.80. The minimum absolute atomic E-state index is 0.296. The van der Waals surface area contributed by atoms with Crippen molar-refractivity contribution < 1.29 is 9.47 Å². The van der Waals surface area contributed by atoms with E-state index in [2.05, 4.69) is 47.0 Å². The molecule has 4 nitrogen and oxygen atoms in total. The normalized spacial score (nSPS) is 16.4. The molecule has 1 saturated heterocycles. The summed E-state index contributed by atoms with van der Waals surface area (Å²) in [6, 6.07) is 18.6. The zero-order chi connectivity index (χ0) is 18.0. The first-order chi connectivity index (χ1) is 12.8. The molecule has 2 aromatic rings. The number of nitrogens with one attached hydrogen (secondary N) is 2. The highest BCUT2D eigenvalue weighted by Crippen LogP contribution is 2.10. The number of ether oxygens (including phenoxy) is 2. The van der Waals surface area contributed by atoms with E-state index >= 15 is 0 Å². The third-order valence-corrected chi connectivity index (χ3v) is 4.66. The van der Waals surface area contributed by atoms with Crippen LogP contribution in [0.2, 0.25) is 0 Å². The molecule has 5 heteroatoms. The van der Waals surface area contributed by atoms with E-state index in [1.165, 1.54) is 16.7 Å². The van der Waals surface area contributed by atoms with Crippen LogP contribution in [0.25, 0.3) is 0 Å².